The molecule has 3 aromatic carbocycles. The molecule has 11 heteroatoms. The van der Waals surface area contributed by atoms with Gasteiger partial charge in [0.1, 0.15) is 5.75 Å². The van der Waals surface area contributed by atoms with E-state index in [1.54, 1.807) is 48.5 Å². The number of hydrogen-bond acceptors (Lipinski definition) is 4. The fourth-order valence-electron chi connectivity index (χ4n) is 3.92. The van der Waals surface area contributed by atoms with Crippen molar-refractivity contribution >= 4 is 32.6 Å². The molecular formula is C24H19F3N2O5S. The first-order chi connectivity index (χ1) is 16.4. The number of carboxylic acid groups (broad SMARTS) is 1. The minimum Gasteiger partial charge on any atom is -0.479 e. The number of benzene rings is 3. The molecule has 4 aromatic rings. The number of sulfonamides is 1. The van der Waals surface area contributed by atoms with E-state index in [1.807, 2.05) is 0 Å². The van der Waals surface area contributed by atoms with Gasteiger partial charge in [-0.05, 0) is 41.5 Å². The monoisotopic (exact) mass is 504 g/mol. The summed E-state index contributed by atoms with van der Waals surface area (Å²) in [5.74, 6) is -1.62. The SMILES string of the molecule is CS(=O)(=O)Nc1cccc2c1ccn2C(C(=O)O)c1cccc(-c2ccccc2OC(F)(F)F)c1. The number of anilines is 1. The smallest absolute Gasteiger partial charge is 0.479 e. The fraction of sp³-hybridized carbons (Fsp3) is 0.125. The number of carbonyl (C=O) groups is 1. The molecule has 4 rings (SSSR count). The number of rotatable bonds is 7. The number of aliphatic carboxylic acids is 1. The van der Waals surface area contributed by atoms with Gasteiger partial charge in [0.2, 0.25) is 10.0 Å². The van der Waals surface area contributed by atoms with Crippen LogP contribution >= 0.6 is 0 Å². The lowest BCUT2D eigenvalue weighted by molar-refractivity contribution is -0.274. The average molecular weight is 504 g/mol. The third-order valence-corrected chi connectivity index (χ3v) is 5.79. The average Bonchev–Trinajstić information content (AvgIpc) is 3.17. The van der Waals surface area contributed by atoms with E-state index in [-0.39, 0.29) is 5.56 Å². The molecular weight excluding hydrogens is 485 g/mol. The van der Waals surface area contributed by atoms with Gasteiger partial charge in [-0.2, -0.15) is 0 Å². The second-order valence-electron chi connectivity index (χ2n) is 7.75. The second-order valence-corrected chi connectivity index (χ2v) is 9.49. The maximum absolute atomic E-state index is 12.9. The maximum Gasteiger partial charge on any atom is 0.573 e. The topological polar surface area (TPSA) is 97.6 Å². The number of para-hydroxylation sites is 1. The molecule has 0 saturated carbocycles. The van der Waals surface area contributed by atoms with E-state index < -0.39 is 34.1 Å². The zero-order valence-electron chi connectivity index (χ0n) is 18.2. The summed E-state index contributed by atoms with van der Waals surface area (Å²) < 4.78 is 70.0. The Kier molecular flexibility index (Phi) is 6.20. The Bertz CT molecular complexity index is 1510. The molecule has 0 fully saturated rings. The quantitative estimate of drug-likeness (QED) is 0.358. The zero-order chi connectivity index (χ0) is 25.4. The Hall–Kier alpha value is -3.99. The standard InChI is InChI=1S/C24H19F3N2O5S/c1-35(32,33)28-19-9-5-10-20-18(19)12-13-29(20)22(23(30)31)16-7-4-6-15(14-16)17-8-2-3-11-21(17)34-24(25,26)27/h2-14,22,28H,1H3,(H,30,31). The molecule has 7 nitrogen and oxygen atoms in total. The summed E-state index contributed by atoms with van der Waals surface area (Å²) in [6, 6.07) is 16.9. The zero-order valence-corrected chi connectivity index (χ0v) is 19.0. The minimum absolute atomic E-state index is 0.146. The third kappa shape index (κ3) is 5.40. The van der Waals surface area contributed by atoms with Crippen LogP contribution in [-0.4, -0.2) is 36.7 Å². The molecule has 0 amide bonds. The van der Waals surface area contributed by atoms with E-state index in [0.717, 1.165) is 6.26 Å². The van der Waals surface area contributed by atoms with Gasteiger partial charge in [-0.15, -0.1) is 13.2 Å². The van der Waals surface area contributed by atoms with Crippen molar-refractivity contribution in [1.82, 2.24) is 4.57 Å². The Morgan fingerprint density at radius 1 is 1.03 bits per heavy atom. The first kappa shape index (κ1) is 24.1. The number of carboxylic acids is 1. The lowest BCUT2D eigenvalue weighted by atomic mass is 9.98. The van der Waals surface area contributed by atoms with Crippen LogP contribution in [0.5, 0.6) is 5.75 Å². The van der Waals surface area contributed by atoms with Crippen molar-refractivity contribution in [1.29, 1.82) is 0 Å². The van der Waals surface area contributed by atoms with Gasteiger partial charge in [0.25, 0.3) is 0 Å². The van der Waals surface area contributed by atoms with Gasteiger partial charge in [0.05, 0.1) is 17.5 Å². The molecule has 0 radical (unpaired) electrons. The molecule has 0 bridgehead atoms. The predicted octanol–water partition coefficient (Wildman–Crippen LogP) is 5.25. The summed E-state index contributed by atoms with van der Waals surface area (Å²) in [6.07, 6.45) is -2.36. The highest BCUT2D eigenvalue weighted by Crippen LogP contribution is 2.36. The van der Waals surface area contributed by atoms with E-state index >= 15 is 0 Å². The molecule has 1 aromatic heterocycles. The van der Waals surface area contributed by atoms with E-state index in [2.05, 4.69) is 9.46 Å². The Morgan fingerprint density at radius 2 is 1.74 bits per heavy atom. The summed E-state index contributed by atoms with van der Waals surface area (Å²) in [5, 5.41) is 10.6. The lowest BCUT2D eigenvalue weighted by Crippen LogP contribution is -2.20. The first-order valence-corrected chi connectivity index (χ1v) is 12.1. The highest BCUT2D eigenvalue weighted by Gasteiger charge is 2.32. The summed E-state index contributed by atoms with van der Waals surface area (Å²) in [6.45, 7) is 0. The van der Waals surface area contributed by atoms with E-state index in [9.17, 15) is 31.5 Å². The van der Waals surface area contributed by atoms with Crippen LogP contribution in [0, 0.1) is 0 Å². The van der Waals surface area contributed by atoms with Gasteiger partial charge < -0.3 is 14.4 Å². The van der Waals surface area contributed by atoms with Crippen LogP contribution in [0.25, 0.3) is 22.0 Å². The number of halogens is 3. The van der Waals surface area contributed by atoms with E-state index in [1.165, 1.54) is 35.0 Å². The molecule has 0 saturated heterocycles. The van der Waals surface area contributed by atoms with Gasteiger partial charge in [0, 0.05) is 17.1 Å². The van der Waals surface area contributed by atoms with Gasteiger partial charge in [-0.1, -0.05) is 42.5 Å². The number of aromatic nitrogens is 1. The Labute approximate surface area is 198 Å². The van der Waals surface area contributed by atoms with Crippen molar-refractivity contribution in [3.05, 3.63) is 84.6 Å². The van der Waals surface area contributed by atoms with Gasteiger partial charge in [-0.3, -0.25) is 4.72 Å². The number of nitrogens with zero attached hydrogens (tertiary/aromatic N) is 1. The molecule has 0 spiro atoms. The van der Waals surface area contributed by atoms with Crippen LogP contribution in [0.2, 0.25) is 0 Å². The van der Waals surface area contributed by atoms with Crippen molar-refractivity contribution in [2.45, 2.75) is 12.4 Å². The number of alkyl halides is 3. The summed E-state index contributed by atoms with van der Waals surface area (Å²) >= 11 is 0. The van der Waals surface area contributed by atoms with Gasteiger partial charge in [0.15, 0.2) is 6.04 Å². The van der Waals surface area contributed by atoms with Crippen LogP contribution in [0.3, 0.4) is 0 Å². The first-order valence-electron chi connectivity index (χ1n) is 10.2. The Balaban J connectivity index is 1.81. The van der Waals surface area contributed by atoms with E-state index in [4.69, 9.17) is 0 Å². The molecule has 2 N–H and O–H groups in total. The fourth-order valence-corrected chi connectivity index (χ4v) is 4.50. The van der Waals surface area contributed by atoms with Gasteiger partial charge >= 0.3 is 12.3 Å². The number of ether oxygens (including phenoxy) is 1. The Morgan fingerprint density at radius 3 is 2.43 bits per heavy atom. The number of fused-ring (bicyclic) bond motifs is 1. The summed E-state index contributed by atoms with van der Waals surface area (Å²) in [5.41, 5.74) is 1.53. The van der Waals surface area contributed by atoms with Crippen molar-refractivity contribution < 1.29 is 36.2 Å². The van der Waals surface area contributed by atoms with Crippen LogP contribution in [-0.2, 0) is 14.8 Å². The predicted molar refractivity (Wildman–Crippen MR) is 125 cm³/mol. The van der Waals surface area contributed by atoms with E-state index in [0.29, 0.717) is 27.7 Å². The van der Waals surface area contributed by atoms with Gasteiger partial charge in [-0.25, -0.2) is 13.2 Å². The molecule has 1 unspecified atom stereocenters. The van der Waals surface area contributed by atoms with Crippen LogP contribution in [0.15, 0.2) is 79.0 Å². The lowest BCUT2D eigenvalue weighted by Gasteiger charge is -2.19. The van der Waals surface area contributed by atoms with Crippen molar-refractivity contribution in [2.75, 3.05) is 11.0 Å². The van der Waals surface area contributed by atoms with Crippen molar-refractivity contribution in [3.8, 4) is 16.9 Å². The van der Waals surface area contributed by atoms with Crippen molar-refractivity contribution in [2.24, 2.45) is 0 Å². The second kappa shape index (κ2) is 8.99. The molecule has 0 aliphatic heterocycles. The summed E-state index contributed by atoms with van der Waals surface area (Å²) in [7, 11) is -3.57. The minimum atomic E-state index is -4.89. The molecule has 35 heavy (non-hydrogen) atoms. The largest absolute Gasteiger partial charge is 0.573 e. The molecule has 0 aliphatic rings. The molecule has 1 heterocycles. The number of hydrogen-bond donors (Lipinski definition) is 2. The molecule has 182 valence electrons. The third-order valence-electron chi connectivity index (χ3n) is 5.20. The highest BCUT2D eigenvalue weighted by atomic mass is 32.2. The van der Waals surface area contributed by atoms with Crippen molar-refractivity contribution in [3.63, 3.8) is 0 Å². The van der Waals surface area contributed by atoms with Crippen LogP contribution in [0.1, 0.15) is 11.6 Å². The molecule has 1 atom stereocenters. The highest BCUT2D eigenvalue weighted by molar-refractivity contribution is 7.92. The maximum atomic E-state index is 12.9. The van der Waals surface area contributed by atoms with Crippen LogP contribution < -0.4 is 9.46 Å². The summed E-state index contributed by atoms with van der Waals surface area (Å²) in [4.78, 5) is 12.4. The normalized spacial score (nSPS) is 12.9. The number of nitrogens with one attached hydrogen (secondary N) is 1. The molecule has 0 aliphatic carbocycles. The van der Waals surface area contributed by atoms with Crippen LogP contribution in [0.4, 0.5) is 18.9 Å².